The van der Waals surface area contributed by atoms with E-state index in [1.54, 1.807) is 29.7 Å². The van der Waals surface area contributed by atoms with E-state index in [1.807, 2.05) is 41.1 Å². The van der Waals surface area contributed by atoms with Gasteiger partial charge >= 0.3 is 0 Å². The molecule has 0 radical (unpaired) electrons. The number of piperazine rings is 1. The molecule has 2 atom stereocenters. The molecule has 2 aliphatic rings. The molecule has 40 heavy (non-hydrogen) atoms. The minimum absolute atomic E-state index is 0.0733. The van der Waals surface area contributed by atoms with Crippen molar-refractivity contribution in [2.75, 3.05) is 58.2 Å². The molecule has 0 aliphatic carbocycles. The summed E-state index contributed by atoms with van der Waals surface area (Å²) >= 11 is 12.7. The van der Waals surface area contributed by atoms with E-state index in [-0.39, 0.29) is 12.9 Å². The first kappa shape index (κ1) is 28.2. The Kier molecular flexibility index (Phi) is 9.12. The van der Waals surface area contributed by atoms with Crippen LogP contribution < -0.4 is 9.64 Å². The smallest absolute Gasteiger partial charge is 0.235 e. The normalized spacial score (nSPS) is 21.6. The van der Waals surface area contributed by atoms with Crippen molar-refractivity contribution in [3.63, 3.8) is 0 Å². The van der Waals surface area contributed by atoms with Crippen LogP contribution in [0.25, 0.3) is 0 Å². The molecule has 214 valence electrons. The second-order valence-corrected chi connectivity index (χ2v) is 10.1. The Morgan fingerprint density at radius 3 is 2.65 bits per heavy atom. The van der Waals surface area contributed by atoms with E-state index in [0.29, 0.717) is 72.3 Å². The molecule has 0 bridgehead atoms. The monoisotopic (exact) mass is 592 g/mol. The average Bonchev–Trinajstić information content (AvgIpc) is 3.63. The zero-order valence-corrected chi connectivity index (χ0v) is 23.4. The summed E-state index contributed by atoms with van der Waals surface area (Å²) in [5, 5.41) is 18.0. The van der Waals surface area contributed by atoms with E-state index in [4.69, 9.17) is 47.0 Å². The van der Waals surface area contributed by atoms with Crippen molar-refractivity contribution in [1.82, 2.24) is 14.6 Å². The van der Waals surface area contributed by atoms with Crippen molar-refractivity contribution in [1.29, 1.82) is 0 Å². The highest BCUT2D eigenvalue weighted by Crippen LogP contribution is 2.40. The Hall–Kier alpha value is -3.29. The fraction of sp³-hybridized carbons (Fsp3) is 0.423. The van der Waals surface area contributed by atoms with E-state index in [9.17, 15) is 5.21 Å². The van der Waals surface area contributed by atoms with Crippen LogP contribution in [-0.4, -0.2) is 78.9 Å². The van der Waals surface area contributed by atoms with Gasteiger partial charge in [-0.1, -0.05) is 29.3 Å². The van der Waals surface area contributed by atoms with Crippen LogP contribution in [0.5, 0.6) is 5.75 Å². The SMILES string of the molecule is COCO/N=[N+](\[O-])N1CCN(c2ccc(OC[C@H]3CO[C@](Cn4ccnc4)(c4ccc(Cl)cc4Cl)O3)cc2)CC1. The molecule has 5 rings (SSSR count). The summed E-state index contributed by atoms with van der Waals surface area (Å²) in [6, 6.07) is 13.1. The number of ether oxygens (including phenoxy) is 4. The van der Waals surface area contributed by atoms with Crippen molar-refractivity contribution in [3.05, 3.63) is 82.0 Å². The summed E-state index contributed by atoms with van der Waals surface area (Å²) < 4.78 is 25.3. The first-order valence-corrected chi connectivity index (χ1v) is 13.5. The van der Waals surface area contributed by atoms with Crippen LogP contribution in [0.15, 0.2) is 66.5 Å². The van der Waals surface area contributed by atoms with Gasteiger partial charge in [-0.2, -0.15) is 0 Å². The molecule has 3 heterocycles. The van der Waals surface area contributed by atoms with Crippen LogP contribution in [0, 0.1) is 5.21 Å². The van der Waals surface area contributed by atoms with E-state index < -0.39 is 5.79 Å². The van der Waals surface area contributed by atoms with Gasteiger partial charge in [-0.3, -0.25) is 0 Å². The molecule has 0 amide bonds. The van der Waals surface area contributed by atoms with Crippen molar-refractivity contribution in [2.24, 2.45) is 5.28 Å². The second kappa shape index (κ2) is 12.9. The number of hydrogen-bond acceptors (Lipinski definition) is 9. The van der Waals surface area contributed by atoms with Gasteiger partial charge in [0.25, 0.3) is 0 Å². The van der Waals surface area contributed by atoms with Crippen LogP contribution in [0.1, 0.15) is 5.56 Å². The summed E-state index contributed by atoms with van der Waals surface area (Å²) in [6.45, 7) is 3.27. The summed E-state index contributed by atoms with van der Waals surface area (Å²) in [4.78, 5) is 11.5. The molecule has 2 saturated heterocycles. The lowest BCUT2D eigenvalue weighted by Gasteiger charge is -2.33. The third-order valence-corrected chi connectivity index (χ3v) is 7.13. The predicted octanol–water partition coefficient (Wildman–Crippen LogP) is 4.07. The van der Waals surface area contributed by atoms with Gasteiger partial charge in [0.1, 0.15) is 18.5 Å². The molecule has 0 unspecified atom stereocenters. The number of nitrogens with zero attached hydrogens (tertiary/aromatic N) is 6. The number of hydrazine groups is 1. The highest BCUT2D eigenvalue weighted by Gasteiger charge is 2.45. The first-order chi connectivity index (χ1) is 19.5. The van der Waals surface area contributed by atoms with Crippen LogP contribution in [-0.2, 0) is 31.4 Å². The van der Waals surface area contributed by atoms with Gasteiger partial charge in [0.2, 0.25) is 17.9 Å². The minimum atomic E-state index is -1.11. The number of benzene rings is 2. The second-order valence-electron chi connectivity index (χ2n) is 9.28. The Balaban J connectivity index is 1.16. The number of hydrogen-bond donors (Lipinski definition) is 0. The molecule has 12 nitrogen and oxygen atoms in total. The van der Waals surface area contributed by atoms with E-state index in [1.165, 1.54) is 7.11 Å². The molecular formula is C26H30Cl2N6O6. The van der Waals surface area contributed by atoms with E-state index >= 15 is 0 Å². The van der Waals surface area contributed by atoms with Crippen LogP contribution >= 0.6 is 23.2 Å². The number of imidazole rings is 1. The molecule has 0 saturated carbocycles. The summed E-state index contributed by atoms with van der Waals surface area (Å²) in [5.41, 5.74) is 1.73. The molecular weight excluding hydrogens is 563 g/mol. The van der Waals surface area contributed by atoms with Crippen molar-refractivity contribution >= 4 is 28.9 Å². The number of methoxy groups -OCH3 is 1. The average molecular weight is 593 g/mol. The summed E-state index contributed by atoms with van der Waals surface area (Å²) in [7, 11) is 1.46. The third kappa shape index (κ3) is 6.70. The topological polar surface area (TPSA) is 109 Å². The van der Waals surface area contributed by atoms with Gasteiger partial charge in [-0.25, -0.2) is 4.98 Å². The quantitative estimate of drug-likeness (QED) is 0.107. The van der Waals surface area contributed by atoms with Crippen LogP contribution in [0.2, 0.25) is 10.0 Å². The Labute approximate surface area is 241 Å². The van der Waals surface area contributed by atoms with Gasteiger partial charge in [0.15, 0.2) is 0 Å². The van der Waals surface area contributed by atoms with E-state index in [2.05, 4.69) is 15.2 Å². The van der Waals surface area contributed by atoms with Gasteiger partial charge in [0.05, 0.1) is 42.6 Å². The maximum Gasteiger partial charge on any atom is 0.235 e. The largest absolute Gasteiger partial charge is 0.569 e. The lowest BCUT2D eigenvalue weighted by Crippen LogP contribution is -2.48. The summed E-state index contributed by atoms with van der Waals surface area (Å²) in [5.74, 6) is -0.395. The molecule has 0 spiro atoms. The molecule has 2 aromatic carbocycles. The molecule has 1 aromatic heterocycles. The number of anilines is 1. The zero-order chi connectivity index (χ0) is 28.0. The zero-order valence-electron chi connectivity index (χ0n) is 21.9. The molecule has 0 N–H and O–H groups in total. The number of halogens is 2. The van der Waals surface area contributed by atoms with Crippen LogP contribution in [0.4, 0.5) is 5.69 Å². The first-order valence-electron chi connectivity index (χ1n) is 12.7. The maximum absolute atomic E-state index is 12.0. The molecule has 14 heteroatoms. The van der Waals surface area contributed by atoms with Crippen molar-refractivity contribution < 1.29 is 28.8 Å². The highest BCUT2D eigenvalue weighted by molar-refractivity contribution is 6.35. The van der Waals surface area contributed by atoms with Gasteiger partial charge in [-0.05, 0) is 36.4 Å². The minimum Gasteiger partial charge on any atom is -0.569 e. The number of aromatic nitrogens is 2. The summed E-state index contributed by atoms with van der Waals surface area (Å²) in [6.07, 6.45) is 4.92. The highest BCUT2D eigenvalue weighted by atomic mass is 35.5. The molecule has 3 aromatic rings. The van der Waals surface area contributed by atoms with Crippen LogP contribution in [0.3, 0.4) is 0 Å². The maximum atomic E-state index is 12.0. The van der Waals surface area contributed by atoms with Gasteiger partial charge < -0.3 is 38.5 Å². The Morgan fingerprint density at radius 1 is 1.15 bits per heavy atom. The lowest BCUT2D eigenvalue weighted by atomic mass is 10.1. The van der Waals surface area contributed by atoms with Gasteiger partial charge in [0, 0.05) is 48.9 Å². The predicted molar refractivity (Wildman–Crippen MR) is 146 cm³/mol. The Morgan fingerprint density at radius 2 is 1.95 bits per heavy atom. The standard InChI is InChI=1S/C26H30Cl2N6O6/c1-36-19-39-30-34(35)33-12-10-32(11-13-33)21-3-5-22(6-4-21)37-15-23-16-38-26(40-23,17-31-9-8-29-18-31)24-7-2-20(27)14-25(24)28/h2-9,14,18,23H,10-13,15-17,19H2,1H3/b34-30-/t23-,26-/m0/s1. The molecule has 2 aliphatic heterocycles. The third-order valence-electron chi connectivity index (χ3n) is 6.58. The fourth-order valence-corrected chi connectivity index (χ4v) is 5.17. The number of rotatable bonds is 11. The van der Waals surface area contributed by atoms with Crippen molar-refractivity contribution in [2.45, 2.75) is 18.4 Å². The van der Waals surface area contributed by atoms with Crippen molar-refractivity contribution in [3.8, 4) is 5.75 Å². The fourth-order valence-electron chi connectivity index (χ4n) is 4.62. The molecule has 2 fully saturated rings. The Bertz CT molecular complexity index is 1270. The van der Waals surface area contributed by atoms with Gasteiger partial charge in [-0.15, -0.1) is 5.01 Å². The lowest BCUT2D eigenvalue weighted by molar-refractivity contribution is -0.712. The van der Waals surface area contributed by atoms with E-state index in [0.717, 1.165) is 5.69 Å².